The molecule has 8 heteroatoms. The number of halogens is 5. The summed E-state index contributed by atoms with van der Waals surface area (Å²) in [5.41, 5.74) is -0.822. The van der Waals surface area contributed by atoms with E-state index in [0.29, 0.717) is 0 Å². The van der Waals surface area contributed by atoms with Gasteiger partial charge in [-0.3, -0.25) is 0 Å². The minimum atomic E-state index is -4.51. The van der Waals surface area contributed by atoms with E-state index in [0.717, 1.165) is 12.1 Å². The Morgan fingerprint density at radius 1 is 1.13 bits per heavy atom. The lowest BCUT2D eigenvalue weighted by atomic mass is 10.2. The Morgan fingerprint density at radius 3 is 2.48 bits per heavy atom. The largest absolute Gasteiger partial charge is 0.416 e. The van der Waals surface area contributed by atoms with Gasteiger partial charge in [-0.05, 0) is 30.3 Å². The number of alkyl halides is 3. The summed E-state index contributed by atoms with van der Waals surface area (Å²) < 4.78 is 51.3. The standard InChI is InChI=1S/C15H11ClF4N2O/c16-12-5-2-6-13(17)11(12)8-21-14(23)22-10-4-1-3-9(7-10)15(18,19)20/h1-7H,8H2,(H2,21,22,23). The lowest BCUT2D eigenvalue weighted by molar-refractivity contribution is -0.137. The van der Waals surface area contributed by atoms with Crippen LogP contribution in [0.2, 0.25) is 5.02 Å². The summed E-state index contributed by atoms with van der Waals surface area (Å²) in [7, 11) is 0. The van der Waals surface area contributed by atoms with Crippen LogP contribution in [0.5, 0.6) is 0 Å². The Hall–Kier alpha value is -2.28. The maximum Gasteiger partial charge on any atom is 0.416 e. The Kier molecular flexibility index (Phi) is 5.10. The molecule has 2 aromatic rings. The molecule has 2 aromatic carbocycles. The van der Waals surface area contributed by atoms with Gasteiger partial charge >= 0.3 is 12.2 Å². The van der Waals surface area contributed by atoms with Gasteiger partial charge < -0.3 is 10.6 Å². The van der Waals surface area contributed by atoms with Crippen molar-refractivity contribution in [2.45, 2.75) is 12.7 Å². The quantitative estimate of drug-likeness (QED) is 0.769. The van der Waals surface area contributed by atoms with E-state index in [1.807, 2.05) is 0 Å². The van der Waals surface area contributed by atoms with E-state index >= 15 is 0 Å². The van der Waals surface area contributed by atoms with E-state index in [4.69, 9.17) is 11.6 Å². The first-order chi connectivity index (χ1) is 10.8. The lowest BCUT2D eigenvalue weighted by Gasteiger charge is -2.11. The summed E-state index contributed by atoms with van der Waals surface area (Å²) in [6.45, 7) is -0.198. The summed E-state index contributed by atoms with van der Waals surface area (Å²) in [4.78, 5) is 11.7. The molecule has 0 spiro atoms. The van der Waals surface area contributed by atoms with Crippen molar-refractivity contribution in [1.29, 1.82) is 0 Å². The molecular formula is C15H11ClF4N2O. The third-order valence-electron chi connectivity index (χ3n) is 2.94. The minimum Gasteiger partial charge on any atom is -0.334 e. The second-order valence-electron chi connectivity index (χ2n) is 4.59. The summed E-state index contributed by atoms with van der Waals surface area (Å²) in [5.74, 6) is -0.586. The molecule has 0 atom stereocenters. The van der Waals surface area contributed by atoms with Crippen molar-refractivity contribution < 1.29 is 22.4 Å². The Morgan fingerprint density at radius 2 is 1.83 bits per heavy atom. The molecule has 0 aliphatic heterocycles. The molecule has 2 amide bonds. The van der Waals surface area contributed by atoms with Crippen molar-refractivity contribution in [2.75, 3.05) is 5.32 Å². The average molecular weight is 347 g/mol. The highest BCUT2D eigenvalue weighted by atomic mass is 35.5. The minimum absolute atomic E-state index is 0.0306. The first kappa shape index (κ1) is 17.1. The van der Waals surface area contributed by atoms with Crippen molar-refractivity contribution in [2.24, 2.45) is 0 Å². The summed E-state index contributed by atoms with van der Waals surface area (Å²) >= 11 is 5.81. The van der Waals surface area contributed by atoms with Gasteiger partial charge in [0.05, 0.1) is 5.56 Å². The smallest absolute Gasteiger partial charge is 0.334 e. The van der Waals surface area contributed by atoms with Gasteiger partial charge in [-0.2, -0.15) is 13.2 Å². The zero-order valence-corrected chi connectivity index (χ0v) is 12.3. The maximum atomic E-state index is 13.5. The number of rotatable bonds is 3. The molecule has 0 aliphatic rings. The molecule has 0 heterocycles. The maximum absolute atomic E-state index is 13.5. The fourth-order valence-corrected chi connectivity index (χ4v) is 2.05. The molecule has 122 valence electrons. The first-order valence-corrected chi connectivity index (χ1v) is 6.80. The van der Waals surface area contributed by atoms with E-state index in [1.54, 1.807) is 0 Å². The predicted octanol–water partition coefficient (Wildman–Crippen LogP) is 4.82. The number of carbonyl (C=O) groups is 1. The molecular weight excluding hydrogens is 336 g/mol. The molecule has 0 aromatic heterocycles. The molecule has 3 nitrogen and oxygen atoms in total. The number of carbonyl (C=O) groups excluding carboxylic acids is 1. The zero-order chi connectivity index (χ0) is 17.0. The number of benzene rings is 2. The van der Waals surface area contributed by atoms with Gasteiger partial charge in [0.25, 0.3) is 0 Å². The number of anilines is 1. The van der Waals surface area contributed by atoms with Gasteiger partial charge in [-0.15, -0.1) is 0 Å². The van der Waals surface area contributed by atoms with Crippen LogP contribution in [0.25, 0.3) is 0 Å². The zero-order valence-electron chi connectivity index (χ0n) is 11.5. The third-order valence-corrected chi connectivity index (χ3v) is 3.29. The predicted molar refractivity (Wildman–Crippen MR) is 78.7 cm³/mol. The van der Waals surface area contributed by atoms with Crippen LogP contribution in [-0.4, -0.2) is 6.03 Å². The Balaban J connectivity index is 2.00. The van der Waals surface area contributed by atoms with Crippen LogP contribution in [0.4, 0.5) is 28.0 Å². The van der Waals surface area contributed by atoms with Crippen LogP contribution < -0.4 is 10.6 Å². The fourth-order valence-electron chi connectivity index (χ4n) is 1.82. The second kappa shape index (κ2) is 6.87. The normalized spacial score (nSPS) is 11.2. The van der Waals surface area contributed by atoms with Gasteiger partial charge in [0.1, 0.15) is 5.82 Å². The highest BCUT2D eigenvalue weighted by Gasteiger charge is 2.30. The van der Waals surface area contributed by atoms with Crippen LogP contribution >= 0.6 is 11.6 Å². The molecule has 0 saturated carbocycles. The molecule has 2 N–H and O–H groups in total. The highest BCUT2D eigenvalue weighted by Crippen LogP contribution is 2.30. The lowest BCUT2D eigenvalue weighted by Crippen LogP contribution is -2.28. The highest BCUT2D eigenvalue weighted by molar-refractivity contribution is 6.31. The van der Waals surface area contributed by atoms with Gasteiger partial charge in [0.15, 0.2) is 0 Å². The monoisotopic (exact) mass is 346 g/mol. The van der Waals surface area contributed by atoms with E-state index in [-0.39, 0.29) is 22.8 Å². The number of hydrogen-bond donors (Lipinski definition) is 2. The van der Waals surface area contributed by atoms with Gasteiger partial charge in [-0.1, -0.05) is 23.7 Å². The fraction of sp³-hybridized carbons (Fsp3) is 0.133. The van der Waals surface area contributed by atoms with E-state index in [2.05, 4.69) is 10.6 Å². The van der Waals surface area contributed by atoms with Crippen molar-refractivity contribution in [3.05, 3.63) is 64.4 Å². The SMILES string of the molecule is O=C(NCc1c(F)cccc1Cl)Nc1cccc(C(F)(F)F)c1. The average Bonchev–Trinajstić information content (AvgIpc) is 2.46. The molecule has 0 aliphatic carbocycles. The van der Waals surface area contributed by atoms with Crippen LogP contribution in [0.15, 0.2) is 42.5 Å². The number of hydrogen-bond acceptors (Lipinski definition) is 1. The van der Waals surface area contributed by atoms with E-state index in [9.17, 15) is 22.4 Å². The topological polar surface area (TPSA) is 41.1 Å². The first-order valence-electron chi connectivity index (χ1n) is 6.42. The van der Waals surface area contributed by atoms with E-state index < -0.39 is 23.6 Å². The van der Waals surface area contributed by atoms with Gasteiger partial charge in [0, 0.05) is 22.8 Å². The molecule has 0 unspecified atom stereocenters. The number of nitrogens with one attached hydrogen (secondary N) is 2. The number of amides is 2. The molecule has 0 bridgehead atoms. The van der Waals surface area contributed by atoms with Crippen molar-refractivity contribution in [3.63, 3.8) is 0 Å². The second-order valence-corrected chi connectivity index (χ2v) is 4.99. The molecule has 23 heavy (non-hydrogen) atoms. The summed E-state index contributed by atoms with van der Waals surface area (Å²) in [6, 6.07) is 7.47. The Labute approximate surface area is 134 Å². The summed E-state index contributed by atoms with van der Waals surface area (Å²) in [5, 5.41) is 4.72. The van der Waals surface area contributed by atoms with Gasteiger partial charge in [0.2, 0.25) is 0 Å². The number of urea groups is 1. The molecule has 0 fully saturated rings. The van der Waals surface area contributed by atoms with Crippen LogP contribution in [0.3, 0.4) is 0 Å². The molecule has 0 saturated heterocycles. The van der Waals surface area contributed by atoms with Crippen LogP contribution in [0.1, 0.15) is 11.1 Å². The van der Waals surface area contributed by atoms with Crippen molar-refractivity contribution in [3.8, 4) is 0 Å². The van der Waals surface area contributed by atoms with Crippen molar-refractivity contribution >= 4 is 23.3 Å². The van der Waals surface area contributed by atoms with E-state index in [1.165, 1.54) is 30.3 Å². The van der Waals surface area contributed by atoms with Crippen LogP contribution in [0, 0.1) is 5.82 Å². The van der Waals surface area contributed by atoms with Gasteiger partial charge in [-0.25, -0.2) is 9.18 Å². The summed E-state index contributed by atoms with van der Waals surface area (Å²) in [6.07, 6.45) is -4.51. The van der Waals surface area contributed by atoms with Crippen molar-refractivity contribution in [1.82, 2.24) is 5.32 Å². The van der Waals surface area contributed by atoms with Crippen LogP contribution in [-0.2, 0) is 12.7 Å². The molecule has 2 rings (SSSR count). The third kappa shape index (κ3) is 4.59. The molecule has 0 radical (unpaired) electrons. The Bertz CT molecular complexity index is 699.